The maximum Gasteiger partial charge on any atom is 0.266 e. The van der Waals surface area contributed by atoms with Crippen LogP contribution in [-0.4, -0.2) is 13.5 Å². The Morgan fingerprint density at radius 3 is 2.39 bits per heavy atom. The fourth-order valence-corrected chi connectivity index (χ4v) is 4.80. The molecule has 0 saturated heterocycles. The van der Waals surface area contributed by atoms with Crippen molar-refractivity contribution in [1.29, 1.82) is 0 Å². The van der Waals surface area contributed by atoms with Crippen LogP contribution < -0.4 is 10.9 Å². The monoisotopic (exact) mass is 403 g/mol. The van der Waals surface area contributed by atoms with Crippen molar-refractivity contribution >= 4 is 34.2 Å². The Kier molecular flexibility index (Phi) is 3.57. The highest BCUT2D eigenvalue weighted by Crippen LogP contribution is 2.28. The molecule has 0 spiro atoms. The van der Waals surface area contributed by atoms with Crippen molar-refractivity contribution in [1.82, 2.24) is 13.5 Å². The molecule has 0 N–H and O–H groups in total. The maximum atomic E-state index is 13.8. The van der Waals surface area contributed by atoms with Crippen LogP contribution in [0.2, 0.25) is 0 Å². The molecule has 0 unspecified atom stereocenters. The van der Waals surface area contributed by atoms with E-state index in [4.69, 9.17) is 0 Å². The molecule has 4 nitrogen and oxygen atoms in total. The summed E-state index contributed by atoms with van der Waals surface area (Å²) in [6.45, 7) is 6.39. The van der Waals surface area contributed by atoms with E-state index in [2.05, 4.69) is 52.8 Å². The highest BCUT2D eigenvalue weighted by Gasteiger charge is 2.19. The molecular formula is C27H21N3O. The molecule has 0 fully saturated rings. The van der Waals surface area contributed by atoms with Gasteiger partial charge in [-0.2, -0.15) is 0 Å². The SMILES string of the molecule is C=c1c2ccc3n(-c4cccc(-c5ccccc5)c4)c(=O)c4ccc(C)c(c4n23)n1C. The Bertz CT molecular complexity index is 1730. The van der Waals surface area contributed by atoms with E-state index in [1.165, 1.54) is 0 Å². The van der Waals surface area contributed by atoms with Crippen LogP contribution in [0.4, 0.5) is 0 Å². The smallest absolute Gasteiger partial charge is 0.266 e. The van der Waals surface area contributed by atoms with Gasteiger partial charge in [0.05, 0.1) is 33.0 Å². The molecule has 0 radical (unpaired) electrons. The first-order chi connectivity index (χ1) is 15.1. The van der Waals surface area contributed by atoms with E-state index < -0.39 is 0 Å². The molecule has 0 amide bonds. The van der Waals surface area contributed by atoms with Crippen molar-refractivity contribution in [3.8, 4) is 16.8 Å². The molecule has 6 rings (SSSR count). The number of nitrogens with zero attached hydrogens (tertiary/aromatic N) is 3. The Morgan fingerprint density at radius 1 is 0.806 bits per heavy atom. The van der Waals surface area contributed by atoms with Gasteiger partial charge in [-0.25, -0.2) is 0 Å². The zero-order chi connectivity index (χ0) is 21.3. The number of aromatic nitrogens is 3. The van der Waals surface area contributed by atoms with Crippen molar-refractivity contribution in [3.63, 3.8) is 0 Å². The third-order valence-electron chi connectivity index (χ3n) is 6.35. The first-order valence-corrected chi connectivity index (χ1v) is 10.3. The predicted octanol–water partition coefficient (Wildman–Crippen LogP) is 4.84. The normalized spacial score (nSPS) is 11.8. The summed E-state index contributed by atoms with van der Waals surface area (Å²) in [5, 5.41) is 1.63. The second-order valence-corrected chi connectivity index (χ2v) is 8.10. The molecular weight excluding hydrogens is 382 g/mol. The van der Waals surface area contributed by atoms with Gasteiger partial charge in [0.15, 0.2) is 0 Å². The first kappa shape index (κ1) is 17.8. The summed E-state index contributed by atoms with van der Waals surface area (Å²) in [6, 6.07) is 26.4. The fourth-order valence-electron chi connectivity index (χ4n) is 4.80. The van der Waals surface area contributed by atoms with E-state index in [0.717, 1.165) is 49.9 Å². The zero-order valence-electron chi connectivity index (χ0n) is 17.5. The van der Waals surface area contributed by atoms with Crippen LogP contribution in [0.3, 0.4) is 0 Å². The molecule has 3 heterocycles. The minimum absolute atomic E-state index is 0.0143. The van der Waals surface area contributed by atoms with Gasteiger partial charge in [-0.15, -0.1) is 0 Å². The maximum absolute atomic E-state index is 13.8. The number of aryl methyl sites for hydroxylation is 2. The lowest BCUT2D eigenvalue weighted by Gasteiger charge is -2.19. The summed E-state index contributed by atoms with van der Waals surface area (Å²) in [7, 11) is 2.02. The molecule has 4 heteroatoms. The highest BCUT2D eigenvalue weighted by atomic mass is 16.1. The van der Waals surface area contributed by atoms with Crippen LogP contribution in [0.1, 0.15) is 5.56 Å². The molecule has 3 aromatic heterocycles. The zero-order valence-corrected chi connectivity index (χ0v) is 17.5. The summed E-state index contributed by atoms with van der Waals surface area (Å²) in [6.07, 6.45) is 0. The number of hydrogen-bond acceptors (Lipinski definition) is 1. The number of hydrogen-bond donors (Lipinski definition) is 0. The van der Waals surface area contributed by atoms with E-state index >= 15 is 0 Å². The molecule has 31 heavy (non-hydrogen) atoms. The van der Waals surface area contributed by atoms with E-state index in [9.17, 15) is 4.79 Å². The average molecular weight is 403 g/mol. The minimum Gasteiger partial charge on any atom is -0.341 e. The molecule has 0 atom stereocenters. The van der Waals surface area contributed by atoms with Gasteiger partial charge in [0, 0.05) is 7.05 Å². The molecule has 0 bridgehead atoms. The van der Waals surface area contributed by atoms with Gasteiger partial charge < -0.3 is 4.57 Å². The van der Waals surface area contributed by atoms with Crippen molar-refractivity contribution in [2.75, 3.05) is 0 Å². The summed E-state index contributed by atoms with van der Waals surface area (Å²) >= 11 is 0. The Labute approximate surface area is 178 Å². The van der Waals surface area contributed by atoms with Crippen LogP contribution in [0.5, 0.6) is 0 Å². The molecule has 0 aliphatic rings. The van der Waals surface area contributed by atoms with E-state index in [-0.39, 0.29) is 5.56 Å². The molecule has 0 aliphatic carbocycles. The van der Waals surface area contributed by atoms with Gasteiger partial charge in [0.2, 0.25) is 0 Å². The third-order valence-corrected chi connectivity index (χ3v) is 6.35. The Balaban J connectivity index is 1.78. The largest absolute Gasteiger partial charge is 0.341 e. The van der Waals surface area contributed by atoms with Gasteiger partial charge in [-0.05, 0) is 53.9 Å². The van der Waals surface area contributed by atoms with Crippen molar-refractivity contribution in [2.45, 2.75) is 6.92 Å². The van der Waals surface area contributed by atoms with E-state index in [1.54, 1.807) is 0 Å². The minimum atomic E-state index is -0.0143. The second-order valence-electron chi connectivity index (χ2n) is 8.10. The summed E-state index contributed by atoms with van der Waals surface area (Å²) in [5.41, 5.74) is 8.01. The van der Waals surface area contributed by atoms with Crippen LogP contribution in [0.25, 0.3) is 51.0 Å². The van der Waals surface area contributed by atoms with Gasteiger partial charge in [0.1, 0.15) is 5.65 Å². The van der Waals surface area contributed by atoms with E-state index in [0.29, 0.717) is 5.39 Å². The molecule has 6 aromatic rings. The predicted molar refractivity (Wildman–Crippen MR) is 128 cm³/mol. The fraction of sp³-hybridized carbons (Fsp3) is 0.0741. The van der Waals surface area contributed by atoms with Crippen LogP contribution in [-0.2, 0) is 7.05 Å². The van der Waals surface area contributed by atoms with Crippen molar-refractivity contribution in [3.05, 3.63) is 100 Å². The summed E-state index contributed by atoms with van der Waals surface area (Å²) in [5.74, 6) is 0. The van der Waals surface area contributed by atoms with E-state index in [1.807, 2.05) is 60.1 Å². The lowest BCUT2D eigenvalue weighted by atomic mass is 10.1. The second kappa shape index (κ2) is 6.22. The highest BCUT2D eigenvalue weighted by molar-refractivity contribution is 5.99. The third kappa shape index (κ3) is 2.33. The average Bonchev–Trinajstić information content (AvgIpc) is 3.23. The number of benzene rings is 3. The first-order valence-electron chi connectivity index (χ1n) is 10.3. The van der Waals surface area contributed by atoms with Gasteiger partial charge in [-0.3, -0.25) is 13.8 Å². The lowest BCUT2D eigenvalue weighted by Crippen LogP contribution is -2.26. The standard InChI is InChI=1S/C27H21N3O/c1-17-12-13-22-26-25(17)28(3)18(2)23-14-15-24(30(23)26)29(27(22)31)21-11-7-10-20(16-21)19-8-5-4-6-9-19/h4-16H,2H2,1,3H3. The molecule has 150 valence electrons. The number of rotatable bonds is 2. The Morgan fingerprint density at radius 2 is 1.58 bits per heavy atom. The lowest BCUT2D eigenvalue weighted by molar-refractivity contribution is 0.900. The van der Waals surface area contributed by atoms with Crippen molar-refractivity contribution < 1.29 is 0 Å². The van der Waals surface area contributed by atoms with Gasteiger partial charge in [-0.1, -0.05) is 55.1 Å². The van der Waals surface area contributed by atoms with Crippen molar-refractivity contribution in [2.24, 2.45) is 7.05 Å². The Hall–Kier alpha value is -4.05. The molecule has 3 aromatic carbocycles. The molecule has 0 aliphatic heterocycles. The van der Waals surface area contributed by atoms with Crippen LogP contribution >= 0.6 is 0 Å². The van der Waals surface area contributed by atoms with Crippen LogP contribution in [0.15, 0.2) is 83.7 Å². The summed E-state index contributed by atoms with van der Waals surface area (Å²) in [4.78, 5) is 13.8. The van der Waals surface area contributed by atoms with Crippen LogP contribution in [0, 0.1) is 6.92 Å². The quantitative estimate of drug-likeness (QED) is 0.407. The van der Waals surface area contributed by atoms with Gasteiger partial charge in [0.25, 0.3) is 5.56 Å². The topological polar surface area (TPSA) is 31.3 Å². The van der Waals surface area contributed by atoms with Gasteiger partial charge >= 0.3 is 0 Å². The summed E-state index contributed by atoms with van der Waals surface area (Å²) < 4.78 is 6.08. The molecule has 0 saturated carbocycles.